The van der Waals surface area contributed by atoms with Crippen molar-refractivity contribution in [3.8, 4) is 0 Å². The second-order valence-electron chi connectivity index (χ2n) is 7.29. The summed E-state index contributed by atoms with van der Waals surface area (Å²) in [6.07, 6.45) is 0. The van der Waals surface area contributed by atoms with Gasteiger partial charge in [0, 0.05) is 48.8 Å². The summed E-state index contributed by atoms with van der Waals surface area (Å²) in [5, 5.41) is 9.53. The predicted octanol–water partition coefficient (Wildman–Crippen LogP) is 3.55. The molecule has 5 nitrogen and oxygen atoms in total. The van der Waals surface area contributed by atoms with Crippen LogP contribution in [-0.4, -0.2) is 46.1 Å². The van der Waals surface area contributed by atoms with Gasteiger partial charge in [-0.1, -0.05) is 41.9 Å². The monoisotopic (exact) mass is 387 g/mol. The first-order chi connectivity index (χ1) is 13.0. The van der Waals surface area contributed by atoms with Crippen molar-refractivity contribution in [3.05, 3.63) is 70.2 Å². The zero-order valence-corrected chi connectivity index (χ0v) is 16.5. The molecule has 0 radical (unpaired) electrons. The molecular formula is C21H26ClN3O2. The summed E-state index contributed by atoms with van der Waals surface area (Å²) in [4.78, 5) is 16.4. The molecule has 0 bridgehead atoms. The molecule has 3 rings (SSSR count). The molecule has 0 aromatic heterocycles. The molecule has 6 heteroatoms. The van der Waals surface area contributed by atoms with Crippen LogP contribution in [0.15, 0.2) is 48.5 Å². The molecule has 0 aliphatic carbocycles. The molecule has 0 spiro atoms. The third-order valence-electron chi connectivity index (χ3n) is 5.21. The zero-order chi connectivity index (χ0) is 19.4. The molecule has 1 aliphatic rings. The highest BCUT2D eigenvalue weighted by Crippen LogP contribution is 2.24. The number of amides is 1. The summed E-state index contributed by atoms with van der Waals surface area (Å²) in [5.74, 6) is -0.489. The summed E-state index contributed by atoms with van der Waals surface area (Å²) < 4.78 is 0. The molecule has 1 amide bonds. The van der Waals surface area contributed by atoms with Crippen LogP contribution in [-0.2, 0) is 13.1 Å². The molecule has 2 atom stereocenters. The van der Waals surface area contributed by atoms with E-state index in [1.807, 2.05) is 30.3 Å². The highest BCUT2D eigenvalue weighted by Gasteiger charge is 2.29. The standard InChI is InChI=1S/C21H26ClN3O2/c1-15-11-24(13-17-7-9-18(10-8-17)21(26)23-27)12-16(2)25(15)14-19-5-3-4-6-20(19)22/h3-10,15-16,27H,11-14H2,1-2H3,(H,23,26)/t15-,16+. The normalized spacial score (nSPS) is 21.2. The number of hydrogen-bond donors (Lipinski definition) is 2. The molecule has 27 heavy (non-hydrogen) atoms. The summed E-state index contributed by atoms with van der Waals surface area (Å²) in [7, 11) is 0. The number of nitrogens with zero attached hydrogens (tertiary/aromatic N) is 2. The van der Waals surface area contributed by atoms with Gasteiger partial charge in [0.05, 0.1) is 0 Å². The van der Waals surface area contributed by atoms with Crippen molar-refractivity contribution >= 4 is 17.5 Å². The smallest absolute Gasteiger partial charge is 0.274 e. The van der Waals surface area contributed by atoms with Crippen LogP contribution in [0.25, 0.3) is 0 Å². The van der Waals surface area contributed by atoms with Gasteiger partial charge in [-0.15, -0.1) is 0 Å². The maximum atomic E-state index is 11.4. The molecule has 1 aliphatic heterocycles. The minimum Gasteiger partial charge on any atom is -0.296 e. The molecule has 1 heterocycles. The SMILES string of the molecule is C[C@@H]1CN(Cc2ccc(C(=O)NO)cc2)C[C@H](C)N1Cc1ccccc1Cl. The lowest BCUT2D eigenvalue weighted by Crippen LogP contribution is -2.55. The van der Waals surface area contributed by atoms with Gasteiger partial charge in [0.1, 0.15) is 0 Å². The van der Waals surface area contributed by atoms with Crippen LogP contribution >= 0.6 is 11.6 Å². The molecule has 2 N–H and O–H groups in total. The Labute approximate surface area is 165 Å². The first kappa shape index (κ1) is 19.8. The first-order valence-electron chi connectivity index (χ1n) is 9.23. The molecule has 144 valence electrons. The van der Waals surface area contributed by atoms with Gasteiger partial charge < -0.3 is 0 Å². The summed E-state index contributed by atoms with van der Waals surface area (Å²) in [6.45, 7) is 8.18. The predicted molar refractivity (Wildman–Crippen MR) is 107 cm³/mol. The topological polar surface area (TPSA) is 55.8 Å². The molecule has 1 saturated heterocycles. The van der Waals surface area contributed by atoms with Crippen molar-refractivity contribution in [2.45, 2.75) is 39.0 Å². The molecule has 0 saturated carbocycles. The van der Waals surface area contributed by atoms with E-state index in [1.165, 1.54) is 5.56 Å². The van der Waals surface area contributed by atoms with Gasteiger partial charge >= 0.3 is 0 Å². The van der Waals surface area contributed by atoms with Gasteiger partial charge in [0.15, 0.2) is 0 Å². The van der Waals surface area contributed by atoms with E-state index >= 15 is 0 Å². The number of hydroxylamine groups is 1. The molecule has 0 unspecified atom stereocenters. The lowest BCUT2D eigenvalue weighted by atomic mass is 10.0. The fourth-order valence-corrected chi connectivity index (χ4v) is 4.01. The second-order valence-corrected chi connectivity index (χ2v) is 7.70. The van der Waals surface area contributed by atoms with E-state index in [0.29, 0.717) is 17.6 Å². The summed E-state index contributed by atoms with van der Waals surface area (Å²) >= 11 is 6.34. The third-order valence-corrected chi connectivity index (χ3v) is 5.58. The van der Waals surface area contributed by atoms with Crippen molar-refractivity contribution < 1.29 is 10.0 Å². The van der Waals surface area contributed by atoms with Crippen LogP contribution in [0.4, 0.5) is 0 Å². The Balaban J connectivity index is 1.61. The number of hydrogen-bond acceptors (Lipinski definition) is 4. The lowest BCUT2D eigenvalue weighted by molar-refractivity contribution is 0.0290. The fraction of sp³-hybridized carbons (Fsp3) is 0.381. The van der Waals surface area contributed by atoms with Crippen LogP contribution in [0.2, 0.25) is 5.02 Å². The number of rotatable bonds is 5. The number of nitrogens with one attached hydrogen (secondary N) is 1. The van der Waals surface area contributed by atoms with Gasteiger partial charge in [0.25, 0.3) is 5.91 Å². The van der Waals surface area contributed by atoms with E-state index < -0.39 is 5.91 Å². The van der Waals surface area contributed by atoms with Crippen molar-refractivity contribution in [2.24, 2.45) is 0 Å². The molecule has 1 fully saturated rings. The Morgan fingerprint density at radius 1 is 1.07 bits per heavy atom. The van der Waals surface area contributed by atoms with Crippen molar-refractivity contribution in [1.82, 2.24) is 15.3 Å². The Hall–Kier alpha value is -1.92. The van der Waals surface area contributed by atoms with Gasteiger partial charge in [-0.25, -0.2) is 5.48 Å². The van der Waals surface area contributed by atoms with Crippen LogP contribution in [0.5, 0.6) is 0 Å². The Kier molecular flexibility index (Phi) is 6.50. The zero-order valence-electron chi connectivity index (χ0n) is 15.7. The van der Waals surface area contributed by atoms with E-state index in [-0.39, 0.29) is 0 Å². The van der Waals surface area contributed by atoms with Crippen LogP contribution in [0, 0.1) is 0 Å². The highest BCUT2D eigenvalue weighted by molar-refractivity contribution is 6.31. The maximum absolute atomic E-state index is 11.4. The Morgan fingerprint density at radius 2 is 1.70 bits per heavy atom. The number of halogens is 1. The van der Waals surface area contributed by atoms with Crippen molar-refractivity contribution in [1.29, 1.82) is 0 Å². The summed E-state index contributed by atoms with van der Waals surface area (Å²) in [5.41, 5.74) is 4.44. The van der Waals surface area contributed by atoms with Crippen LogP contribution in [0.3, 0.4) is 0 Å². The van der Waals surface area contributed by atoms with Crippen LogP contribution in [0.1, 0.15) is 35.3 Å². The van der Waals surface area contributed by atoms with Gasteiger partial charge in [0.2, 0.25) is 0 Å². The first-order valence-corrected chi connectivity index (χ1v) is 9.60. The number of carbonyl (C=O) groups is 1. The Morgan fingerprint density at radius 3 is 2.30 bits per heavy atom. The average Bonchev–Trinajstić information content (AvgIpc) is 2.66. The fourth-order valence-electron chi connectivity index (χ4n) is 3.81. The minimum absolute atomic E-state index is 0.421. The average molecular weight is 388 g/mol. The number of piperazine rings is 1. The van der Waals surface area contributed by atoms with Gasteiger partial charge in [-0.3, -0.25) is 19.8 Å². The number of benzene rings is 2. The Bertz CT molecular complexity index is 769. The number of carbonyl (C=O) groups excluding carboxylic acids is 1. The largest absolute Gasteiger partial charge is 0.296 e. The van der Waals surface area contributed by atoms with Crippen LogP contribution < -0.4 is 5.48 Å². The third kappa shape index (κ3) is 4.87. The maximum Gasteiger partial charge on any atom is 0.274 e. The molecule has 2 aromatic rings. The van der Waals surface area contributed by atoms with Gasteiger partial charge in [-0.2, -0.15) is 0 Å². The van der Waals surface area contributed by atoms with E-state index in [4.69, 9.17) is 16.8 Å². The summed E-state index contributed by atoms with van der Waals surface area (Å²) in [6, 6.07) is 16.2. The van der Waals surface area contributed by atoms with Crippen molar-refractivity contribution in [3.63, 3.8) is 0 Å². The minimum atomic E-state index is -0.489. The highest BCUT2D eigenvalue weighted by atomic mass is 35.5. The van der Waals surface area contributed by atoms with Gasteiger partial charge in [-0.05, 0) is 43.2 Å². The van der Waals surface area contributed by atoms with E-state index in [9.17, 15) is 4.79 Å². The van der Waals surface area contributed by atoms with Crippen molar-refractivity contribution in [2.75, 3.05) is 13.1 Å². The van der Waals surface area contributed by atoms with E-state index in [1.54, 1.807) is 17.6 Å². The quantitative estimate of drug-likeness (QED) is 0.608. The molecular weight excluding hydrogens is 362 g/mol. The molecule has 2 aromatic carbocycles. The second kappa shape index (κ2) is 8.85. The van der Waals surface area contributed by atoms with E-state index in [2.05, 4.69) is 29.7 Å². The van der Waals surface area contributed by atoms with E-state index in [0.717, 1.165) is 36.8 Å². The lowest BCUT2D eigenvalue weighted by Gasteiger charge is -2.44.